The third-order valence-corrected chi connectivity index (χ3v) is 7.29. The average Bonchev–Trinajstić information content (AvgIpc) is 3.00. The summed E-state index contributed by atoms with van der Waals surface area (Å²) in [7, 11) is 3.06. The van der Waals surface area contributed by atoms with E-state index in [0.717, 1.165) is 11.4 Å². The molecule has 2 aliphatic heterocycles. The van der Waals surface area contributed by atoms with Gasteiger partial charge in [0.05, 0.1) is 24.9 Å². The maximum Gasteiger partial charge on any atom is 0.267 e. The highest BCUT2D eigenvalue weighted by Crippen LogP contribution is 2.36. The number of methoxy groups -OCH3 is 2. The molecule has 3 heterocycles. The highest BCUT2D eigenvalue weighted by molar-refractivity contribution is 7.80. The minimum Gasteiger partial charge on any atom is -0.495 e. The van der Waals surface area contributed by atoms with E-state index in [4.69, 9.17) is 42.8 Å². The van der Waals surface area contributed by atoms with Gasteiger partial charge in [0.15, 0.2) is 11.5 Å². The molecule has 0 spiro atoms. The molecule has 3 aromatic rings. The summed E-state index contributed by atoms with van der Waals surface area (Å²) in [6, 6.07) is 12.5. The molecule has 1 unspecified atom stereocenters. The molecule has 2 N–H and O–H groups in total. The first-order valence-corrected chi connectivity index (χ1v) is 14.4. The molecule has 0 saturated carbocycles. The summed E-state index contributed by atoms with van der Waals surface area (Å²) >= 11 is 11.9. The number of piperazine rings is 1. The number of nitrogens with one attached hydrogen (secondary N) is 2. The first kappa shape index (κ1) is 30.1. The predicted molar refractivity (Wildman–Crippen MR) is 168 cm³/mol. The first-order chi connectivity index (χ1) is 20.7. The molecule has 2 aromatic carbocycles. The fourth-order valence-corrected chi connectivity index (χ4v) is 5.17. The average molecular weight is 626 g/mol. The number of anilines is 2. The molecule has 1 aromatic heterocycles. The Morgan fingerprint density at radius 1 is 0.977 bits per heavy atom. The van der Waals surface area contributed by atoms with Gasteiger partial charge in [0, 0.05) is 49.7 Å². The van der Waals surface area contributed by atoms with E-state index in [1.165, 1.54) is 14.2 Å². The Bertz CT molecular complexity index is 1530. The maximum absolute atomic E-state index is 13.3. The van der Waals surface area contributed by atoms with Crippen molar-refractivity contribution in [2.45, 2.75) is 20.0 Å². The van der Waals surface area contributed by atoms with Crippen LogP contribution in [0.25, 0.3) is 0 Å². The molecule has 0 bridgehead atoms. The Morgan fingerprint density at radius 3 is 2.30 bits per heavy atom. The summed E-state index contributed by atoms with van der Waals surface area (Å²) in [6.45, 7) is 5.79. The second-order valence-corrected chi connectivity index (χ2v) is 10.6. The predicted octanol–water partition coefficient (Wildman–Crippen LogP) is 3.91. The fourth-order valence-electron chi connectivity index (χ4n) is 4.74. The number of nitrogens with zero attached hydrogens (tertiary/aromatic N) is 5. The summed E-state index contributed by atoms with van der Waals surface area (Å²) in [5.41, 5.74) is 2.14. The molecular formula is C29H32ClN7O5S. The number of aromatic nitrogens is 2. The van der Waals surface area contributed by atoms with E-state index in [9.17, 15) is 4.79 Å². The number of hydrogen-bond donors (Lipinski definition) is 2. The zero-order valence-corrected chi connectivity index (χ0v) is 25.8. The Kier molecular flexibility index (Phi) is 9.31. The van der Waals surface area contributed by atoms with Crippen LogP contribution in [0.2, 0.25) is 5.02 Å². The molecule has 0 radical (unpaired) electrons. The number of guanidine groups is 1. The summed E-state index contributed by atoms with van der Waals surface area (Å²) < 4.78 is 22.5. The number of aliphatic imine (C=N–C) groups is 1. The Balaban J connectivity index is 1.32. The number of fused-ring (bicyclic) bond motifs is 1. The molecule has 14 heteroatoms. The molecule has 5 rings (SSSR count). The van der Waals surface area contributed by atoms with Crippen molar-refractivity contribution in [3.8, 4) is 23.0 Å². The van der Waals surface area contributed by atoms with E-state index < -0.39 is 6.10 Å². The third-order valence-electron chi connectivity index (χ3n) is 6.80. The van der Waals surface area contributed by atoms with Crippen molar-refractivity contribution in [2.75, 3.05) is 57.6 Å². The molecule has 1 atom stereocenters. The second kappa shape index (κ2) is 13.3. The van der Waals surface area contributed by atoms with Crippen LogP contribution < -0.4 is 29.6 Å². The summed E-state index contributed by atoms with van der Waals surface area (Å²) in [4.78, 5) is 30.7. The van der Waals surface area contributed by atoms with Crippen LogP contribution in [-0.2, 0) is 4.79 Å². The van der Waals surface area contributed by atoms with Crippen molar-refractivity contribution in [1.29, 1.82) is 0 Å². The molecule has 2 aliphatic rings. The molecule has 226 valence electrons. The minimum absolute atomic E-state index is 0.126. The van der Waals surface area contributed by atoms with E-state index in [0.29, 0.717) is 71.8 Å². The Morgan fingerprint density at radius 2 is 1.63 bits per heavy atom. The van der Waals surface area contributed by atoms with E-state index in [1.807, 2.05) is 43.0 Å². The van der Waals surface area contributed by atoms with Gasteiger partial charge in [-0.3, -0.25) is 10.1 Å². The molecule has 1 fully saturated rings. The van der Waals surface area contributed by atoms with E-state index in [-0.39, 0.29) is 17.6 Å². The molecule has 1 amide bonds. The highest BCUT2D eigenvalue weighted by Gasteiger charge is 2.33. The van der Waals surface area contributed by atoms with Crippen LogP contribution in [0.3, 0.4) is 0 Å². The van der Waals surface area contributed by atoms with Gasteiger partial charge in [-0.15, -0.1) is 0 Å². The number of carbonyl (C=O) groups is 1. The van der Waals surface area contributed by atoms with Gasteiger partial charge in [-0.2, -0.15) is 4.99 Å². The van der Waals surface area contributed by atoms with E-state index in [1.54, 1.807) is 23.1 Å². The van der Waals surface area contributed by atoms with Crippen molar-refractivity contribution in [3.63, 3.8) is 0 Å². The summed E-state index contributed by atoms with van der Waals surface area (Å²) in [5.74, 6) is 2.81. The quantitative estimate of drug-likeness (QED) is 0.244. The topological polar surface area (TPSA) is 123 Å². The van der Waals surface area contributed by atoms with Gasteiger partial charge >= 0.3 is 0 Å². The van der Waals surface area contributed by atoms with Crippen molar-refractivity contribution in [2.24, 2.45) is 4.99 Å². The van der Waals surface area contributed by atoms with Gasteiger partial charge in [0.25, 0.3) is 5.91 Å². The van der Waals surface area contributed by atoms with Crippen LogP contribution in [0.5, 0.6) is 23.0 Å². The largest absolute Gasteiger partial charge is 0.495 e. The van der Waals surface area contributed by atoms with Crippen LogP contribution in [0.4, 0.5) is 11.6 Å². The molecular weight excluding hydrogens is 594 g/mol. The van der Waals surface area contributed by atoms with Gasteiger partial charge in [-0.1, -0.05) is 23.7 Å². The number of para-hydroxylation sites is 2. The first-order valence-electron chi connectivity index (χ1n) is 13.6. The monoisotopic (exact) mass is 625 g/mol. The fraction of sp³-hybridized carbons (Fsp3) is 0.345. The highest BCUT2D eigenvalue weighted by atomic mass is 35.5. The van der Waals surface area contributed by atoms with Crippen LogP contribution >= 0.6 is 23.8 Å². The number of halogens is 1. The van der Waals surface area contributed by atoms with Gasteiger partial charge in [-0.05, 0) is 44.3 Å². The van der Waals surface area contributed by atoms with Gasteiger partial charge in [-0.25, -0.2) is 9.97 Å². The van der Waals surface area contributed by atoms with Crippen molar-refractivity contribution >= 4 is 52.4 Å². The van der Waals surface area contributed by atoms with E-state index in [2.05, 4.69) is 25.6 Å². The number of aryl methyl sites for hydroxylation is 2. The number of thiocarbonyl (C=S) groups is 1. The standard InChI is InChI=1S/C29H32ClN7O5S/c1-17-13-18(2)32-27(31-17)34-28(35-29(43)33-20-15-23(39-3)19(30)14-24(20)40-4)37-11-9-36(10-12-37)26(38)25-16-41-21-7-5-6-8-22(21)42-25/h5-8,13-15,25H,9-12,16H2,1-4H3,(H2,31,32,33,34,35,43). The number of benzene rings is 2. The van der Waals surface area contributed by atoms with Gasteiger partial charge < -0.3 is 34.1 Å². The number of ether oxygens (including phenoxy) is 4. The third kappa shape index (κ3) is 7.17. The normalized spacial score (nSPS) is 16.4. The SMILES string of the molecule is COc1cc(NC(=S)/N=C(/Nc2nc(C)cc(C)n2)N2CCN(C(=O)C3COc4ccccc4O3)CC2)c(OC)cc1Cl. The molecule has 0 aliphatic carbocycles. The minimum atomic E-state index is -0.709. The zero-order valence-electron chi connectivity index (χ0n) is 24.2. The van der Waals surface area contributed by atoms with Crippen LogP contribution in [0, 0.1) is 13.8 Å². The van der Waals surface area contributed by atoms with Crippen molar-refractivity contribution in [1.82, 2.24) is 19.8 Å². The molecule has 1 saturated heterocycles. The zero-order chi connectivity index (χ0) is 30.5. The van der Waals surface area contributed by atoms with Gasteiger partial charge in [0.2, 0.25) is 23.1 Å². The van der Waals surface area contributed by atoms with Crippen molar-refractivity contribution < 1.29 is 23.7 Å². The van der Waals surface area contributed by atoms with Crippen LogP contribution in [0.1, 0.15) is 11.4 Å². The van der Waals surface area contributed by atoms with Gasteiger partial charge in [0.1, 0.15) is 18.1 Å². The lowest BCUT2D eigenvalue weighted by Crippen LogP contribution is -2.56. The summed E-state index contributed by atoms with van der Waals surface area (Å²) in [5, 5.41) is 6.88. The van der Waals surface area contributed by atoms with Crippen LogP contribution in [0.15, 0.2) is 47.5 Å². The second-order valence-electron chi connectivity index (χ2n) is 9.83. The smallest absolute Gasteiger partial charge is 0.267 e. The summed E-state index contributed by atoms with van der Waals surface area (Å²) in [6.07, 6.45) is -0.709. The molecule has 43 heavy (non-hydrogen) atoms. The lowest BCUT2D eigenvalue weighted by molar-refractivity contribution is -0.142. The Hall–Kier alpha value is -4.36. The maximum atomic E-state index is 13.3. The number of amides is 1. The molecule has 12 nitrogen and oxygen atoms in total. The lowest BCUT2D eigenvalue weighted by Gasteiger charge is -2.38. The van der Waals surface area contributed by atoms with Crippen molar-refractivity contribution in [3.05, 3.63) is 58.9 Å². The van der Waals surface area contributed by atoms with E-state index >= 15 is 0 Å². The number of carbonyl (C=O) groups excluding carboxylic acids is 1. The number of hydrogen-bond acceptors (Lipinski definition) is 8. The lowest BCUT2D eigenvalue weighted by atomic mass is 10.2. The number of rotatable bonds is 5. The Labute approximate surface area is 260 Å². The van der Waals surface area contributed by atoms with Crippen LogP contribution in [-0.4, -0.2) is 89.9 Å².